The molecule has 1 N–H and O–H groups in total. The summed E-state index contributed by atoms with van der Waals surface area (Å²) in [4.78, 5) is 0. The Hall–Kier alpha value is 0.223. The molecule has 0 rings (SSSR count). The quantitative estimate of drug-likeness (QED) is 0.297. The van der Waals surface area contributed by atoms with E-state index < -0.39 is 11.1 Å². The maximum Gasteiger partial charge on any atom is 0.261 e. The second kappa shape index (κ2) is 5.22. The van der Waals surface area contributed by atoms with Crippen molar-refractivity contribution in [3.05, 3.63) is 0 Å². The Kier molecular flexibility index (Phi) is 8.29. The molecule has 0 aromatic rings. The summed E-state index contributed by atoms with van der Waals surface area (Å²) >= 11 is -2.27. The summed E-state index contributed by atoms with van der Waals surface area (Å²) in [6.45, 7) is 0. The van der Waals surface area contributed by atoms with Gasteiger partial charge in [-0.25, -0.2) is 4.21 Å². The number of hydrogen-bond acceptors (Lipinski definition) is 2. The molecule has 1 unspecified atom stereocenters. The third kappa shape index (κ3) is 8.88. The maximum absolute atomic E-state index is 9.12. The van der Waals surface area contributed by atoms with Gasteiger partial charge in [0, 0.05) is 19.5 Å². The molecule has 0 radical (unpaired) electrons. The molecule has 0 aromatic heterocycles. The van der Waals surface area contributed by atoms with E-state index in [2.05, 4.69) is 0 Å². The van der Waals surface area contributed by atoms with Crippen molar-refractivity contribution < 1.29 is 28.2 Å². The second-order valence-corrected chi connectivity index (χ2v) is 1.02. The van der Waals surface area contributed by atoms with Crippen molar-refractivity contribution in [2.45, 2.75) is 0 Å². The van der Waals surface area contributed by atoms with Crippen LogP contribution in [0.1, 0.15) is 0 Å². The molecular formula is CHNO2SZn. The number of thiocyanates is 1. The molecule has 0 aliphatic carbocycles. The maximum atomic E-state index is 9.12. The number of nitrogens with zero attached hydrogens (tertiary/aromatic N) is 1. The summed E-state index contributed by atoms with van der Waals surface area (Å²) in [7, 11) is 0. The van der Waals surface area contributed by atoms with Crippen LogP contribution in [0.25, 0.3) is 0 Å². The minimum atomic E-state index is -2.27. The molecule has 0 fully saturated rings. The van der Waals surface area contributed by atoms with E-state index in [1.165, 1.54) is 0 Å². The van der Waals surface area contributed by atoms with E-state index in [1.807, 2.05) is 0 Å². The van der Waals surface area contributed by atoms with E-state index in [0.717, 1.165) is 5.40 Å². The van der Waals surface area contributed by atoms with Crippen LogP contribution < -0.4 is 0 Å². The van der Waals surface area contributed by atoms with E-state index >= 15 is 0 Å². The number of rotatable bonds is 0. The van der Waals surface area contributed by atoms with Gasteiger partial charge in [-0.15, -0.1) is 0 Å². The van der Waals surface area contributed by atoms with Crippen LogP contribution in [0.4, 0.5) is 0 Å². The topological polar surface area (TPSA) is 61.1 Å². The number of hydrogen-bond donors (Lipinski definition) is 1. The van der Waals surface area contributed by atoms with Crippen LogP contribution in [-0.4, -0.2) is 8.76 Å². The molecule has 3 nitrogen and oxygen atoms in total. The third-order valence-corrected chi connectivity index (χ3v) is 0.234. The van der Waals surface area contributed by atoms with Gasteiger partial charge in [-0.3, -0.25) is 4.55 Å². The summed E-state index contributed by atoms with van der Waals surface area (Å²) in [5, 5.41) is 8.40. The van der Waals surface area contributed by atoms with Crippen LogP contribution in [-0.2, 0) is 30.6 Å². The zero-order valence-electron chi connectivity index (χ0n) is 2.92. The van der Waals surface area contributed by atoms with E-state index in [0.29, 0.717) is 0 Å². The zero-order chi connectivity index (χ0) is 4.28. The predicted octanol–water partition coefficient (Wildman–Crippen LogP) is -0.313. The van der Waals surface area contributed by atoms with Crippen LogP contribution >= 0.6 is 0 Å². The van der Waals surface area contributed by atoms with Crippen molar-refractivity contribution in [1.82, 2.24) is 0 Å². The Balaban J connectivity index is 0. The Morgan fingerprint density at radius 2 is 2.00 bits per heavy atom. The minimum absolute atomic E-state index is 0. The van der Waals surface area contributed by atoms with Gasteiger partial charge in [-0.1, -0.05) is 0 Å². The molecule has 0 aliphatic rings. The molecule has 6 heavy (non-hydrogen) atoms. The van der Waals surface area contributed by atoms with E-state index in [-0.39, 0.29) is 19.5 Å². The minimum Gasteiger partial charge on any atom is -0.294 e. The largest absolute Gasteiger partial charge is 0.294 e. The van der Waals surface area contributed by atoms with Crippen molar-refractivity contribution >= 4 is 11.1 Å². The van der Waals surface area contributed by atoms with Crippen LogP contribution in [0.3, 0.4) is 0 Å². The van der Waals surface area contributed by atoms with Gasteiger partial charge in [-0.05, 0) is 0 Å². The molecule has 0 bridgehead atoms. The van der Waals surface area contributed by atoms with Crippen molar-refractivity contribution in [1.29, 1.82) is 5.26 Å². The molecular weight excluding hydrogens is 155 g/mol. The van der Waals surface area contributed by atoms with Gasteiger partial charge in [0.15, 0.2) is 5.40 Å². The van der Waals surface area contributed by atoms with Crippen LogP contribution in [0.15, 0.2) is 0 Å². The fourth-order valence-corrected chi connectivity index (χ4v) is 0. The molecule has 0 aromatic carbocycles. The molecule has 0 spiro atoms. The Morgan fingerprint density at radius 1 is 1.83 bits per heavy atom. The van der Waals surface area contributed by atoms with Gasteiger partial charge in [0.1, 0.15) is 0 Å². The first-order chi connectivity index (χ1) is 2.27. The van der Waals surface area contributed by atoms with Crippen LogP contribution in [0.2, 0.25) is 0 Å². The second-order valence-electron chi connectivity index (χ2n) is 0.340. The summed E-state index contributed by atoms with van der Waals surface area (Å²) in [6, 6.07) is 0. The van der Waals surface area contributed by atoms with E-state index in [9.17, 15) is 0 Å². The Bertz CT molecular complexity index is 86.0. The molecule has 0 saturated heterocycles. The first-order valence-electron chi connectivity index (χ1n) is 0.777. The monoisotopic (exact) mass is 155 g/mol. The smallest absolute Gasteiger partial charge is 0.261 e. The summed E-state index contributed by atoms with van der Waals surface area (Å²) in [6.07, 6.45) is 0. The first kappa shape index (κ1) is 9.52. The van der Waals surface area contributed by atoms with E-state index in [4.69, 9.17) is 14.0 Å². The van der Waals surface area contributed by atoms with Crippen LogP contribution in [0, 0.1) is 10.7 Å². The molecule has 0 saturated carbocycles. The van der Waals surface area contributed by atoms with Gasteiger partial charge >= 0.3 is 0 Å². The third-order valence-electron chi connectivity index (χ3n) is 0.0781. The van der Waals surface area contributed by atoms with Crippen molar-refractivity contribution in [3.63, 3.8) is 0 Å². The predicted molar refractivity (Wildman–Crippen MR) is 16.4 cm³/mol. The molecule has 30 valence electrons. The molecule has 5 heteroatoms. The van der Waals surface area contributed by atoms with Gasteiger partial charge in [0.25, 0.3) is 11.1 Å². The van der Waals surface area contributed by atoms with Crippen LogP contribution in [0.5, 0.6) is 0 Å². The fraction of sp³-hybridized carbons (Fsp3) is 0. The summed E-state index contributed by atoms with van der Waals surface area (Å²) < 4.78 is 16.6. The number of nitriles is 1. The summed E-state index contributed by atoms with van der Waals surface area (Å²) in [5.74, 6) is 0. The molecule has 0 aliphatic heterocycles. The summed E-state index contributed by atoms with van der Waals surface area (Å²) in [5.41, 5.74) is 0. The van der Waals surface area contributed by atoms with Gasteiger partial charge in [-0.2, -0.15) is 5.26 Å². The average Bonchev–Trinajstić information content (AvgIpc) is 1.38. The SMILES string of the molecule is N#CS(=O)O.[Zn]. The standard InChI is InChI=1S/CHNO2S.Zn/c2-1-5(3)4;/h(H,3,4);. The Labute approximate surface area is 50.4 Å². The first-order valence-corrected chi connectivity index (χ1v) is 1.88. The average molecular weight is 156 g/mol. The Morgan fingerprint density at radius 3 is 2.00 bits per heavy atom. The normalized spacial score (nSPS) is 10.7. The van der Waals surface area contributed by atoms with Gasteiger partial charge in [0.2, 0.25) is 0 Å². The fourth-order valence-electron chi connectivity index (χ4n) is 0. The van der Waals surface area contributed by atoms with Crippen molar-refractivity contribution in [2.75, 3.05) is 0 Å². The molecule has 0 heterocycles. The van der Waals surface area contributed by atoms with Crippen molar-refractivity contribution in [2.24, 2.45) is 0 Å². The molecule has 0 amide bonds. The van der Waals surface area contributed by atoms with E-state index in [1.54, 1.807) is 0 Å². The van der Waals surface area contributed by atoms with Gasteiger partial charge in [0.05, 0.1) is 0 Å². The van der Waals surface area contributed by atoms with Gasteiger partial charge < -0.3 is 0 Å². The molecule has 1 atom stereocenters. The zero-order valence-corrected chi connectivity index (χ0v) is 6.70. The van der Waals surface area contributed by atoms with Crippen molar-refractivity contribution in [3.8, 4) is 5.40 Å².